The Labute approximate surface area is 205 Å². The van der Waals surface area contributed by atoms with E-state index in [4.69, 9.17) is 12.0 Å². The molecule has 34 heavy (non-hydrogen) atoms. The van der Waals surface area contributed by atoms with E-state index >= 15 is 0 Å². The largest absolute Gasteiger partial charge is 0.508 e. The van der Waals surface area contributed by atoms with Crippen LogP contribution in [0.2, 0.25) is 0 Å². The van der Waals surface area contributed by atoms with Crippen molar-refractivity contribution in [1.82, 2.24) is 4.90 Å². The third kappa shape index (κ3) is 4.31. The van der Waals surface area contributed by atoms with Crippen LogP contribution in [0, 0.1) is 5.92 Å². The Bertz CT molecular complexity index is 1380. The number of rotatable bonds is 5. The molecule has 5 rings (SSSR count). The minimum atomic E-state index is -2.26. The zero-order valence-corrected chi connectivity index (χ0v) is 19.4. The van der Waals surface area contributed by atoms with Gasteiger partial charge < -0.3 is 19.5 Å². The Hall–Kier alpha value is -3.23. The Morgan fingerprint density at radius 1 is 1.24 bits per heavy atom. The van der Waals surface area contributed by atoms with Crippen LogP contribution in [0.3, 0.4) is 0 Å². The van der Waals surface area contributed by atoms with Gasteiger partial charge in [0.1, 0.15) is 28.4 Å². The predicted molar refractivity (Wildman–Crippen MR) is 129 cm³/mol. The van der Waals surface area contributed by atoms with Crippen molar-refractivity contribution in [2.75, 3.05) is 25.1 Å². The van der Waals surface area contributed by atoms with Gasteiger partial charge in [0, 0.05) is 39.3 Å². The van der Waals surface area contributed by atoms with Gasteiger partial charge in [0.2, 0.25) is 0 Å². The first-order valence-electron chi connectivity index (χ1n) is 12.1. The average Bonchev–Trinajstić information content (AvgIpc) is 3.06. The number of carbonyl (C=O) groups excluding carboxylic acids is 2. The first-order valence-corrected chi connectivity index (χ1v) is 11.1. The van der Waals surface area contributed by atoms with Crippen LogP contribution in [0.1, 0.15) is 51.3 Å². The number of likely N-dealkylation sites (tertiary alicyclic amines) is 1. The van der Waals surface area contributed by atoms with Crippen molar-refractivity contribution in [3.63, 3.8) is 0 Å². The highest BCUT2D eigenvalue weighted by molar-refractivity contribution is 6.14. The minimum absolute atomic E-state index is 0. The highest BCUT2D eigenvalue weighted by atomic mass is 35.5. The molecule has 1 aromatic heterocycles. The van der Waals surface area contributed by atoms with Crippen LogP contribution in [0.25, 0.3) is 12.2 Å². The fraction of sp³-hybridized carbons (Fsp3) is 0.360. The highest BCUT2D eigenvalue weighted by Gasteiger charge is 2.32. The second-order valence-electron chi connectivity index (χ2n) is 8.47. The van der Waals surface area contributed by atoms with Gasteiger partial charge >= 0.3 is 0 Å². The van der Waals surface area contributed by atoms with Crippen molar-refractivity contribution in [3.05, 3.63) is 51.5 Å². The van der Waals surface area contributed by atoms with Crippen molar-refractivity contribution in [3.8, 4) is 11.5 Å². The molecule has 0 radical (unpaired) electrons. The molecular formula is C25H27ClN2O6. The van der Waals surface area contributed by atoms with Crippen molar-refractivity contribution >= 4 is 41.8 Å². The molecule has 2 aliphatic heterocycles. The van der Waals surface area contributed by atoms with E-state index < -0.39 is 18.0 Å². The summed E-state index contributed by atoms with van der Waals surface area (Å²) < 4.78 is 23.3. The van der Waals surface area contributed by atoms with Crippen molar-refractivity contribution in [2.24, 2.45) is 5.92 Å². The number of nitrogens with zero attached hydrogens (tertiary/aromatic N) is 1. The maximum Gasteiger partial charge on any atom is 0.200 e. The van der Waals surface area contributed by atoms with Gasteiger partial charge in [-0.2, -0.15) is 0 Å². The predicted octanol–water partition coefficient (Wildman–Crippen LogP) is 2.83. The molecule has 1 aromatic carbocycles. The number of allylic oxidation sites excluding steroid dienone is 1. The van der Waals surface area contributed by atoms with Crippen LogP contribution >= 0.6 is 12.4 Å². The van der Waals surface area contributed by atoms with Crippen molar-refractivity contribution in [2.45, 2.75) is 32.6 Å². The Balaban J connectivity index is 0.00000304. The zero-order chi connectivity index (χ0) is 24.9. The molecule has 3 aliphatic rings. The summed E-state index contributed by atoms with van der Waals surface area (Å²) in [5.41, 5.74) is 3.53. The third-order valence-corrected chi connectivity index (χ3v) is 6.20. The number of Topliss-reactive ketones (excluding diaryl/α,β-unsaturated/α-hetero) is 2. The van der Waals surface area contributed by atoms with E-state index in [0.717, 1.165) is 6.42 Å². The molecule has 0 saturated carbocycles. The summed E-state index contributed by atoms with van der Waals surface area (Å²) in [6.07, 6.45) is 5.18. The quantitative estimate of drug-likeness (QED) is 0.589. The first kappa shape index (κ1) is 21.3. The number of aliphatic hydroxyl groups is 1. The molecule has 9 heteroatoms. The number of ketones is 2. The summed E-state index contributed by atoms with van der Waals surface area (Å²) in [5.74, 6) is -0.782. The maximum atomic E-state index is 13.6. The fourth-order valence-electron chi connectivity index (χ4n) is 4.44. The molecular weight excluding hydrogens is 460 g/mol. The van der Waals surface area contributed by atoms with Crippen molar-refractivity contribution in [1.29, 1.82) is 0 Å². The van der Waals surface area contributed by atoms with Gasteiger partial charge in [-0.15, -0.1) is 12.4 Å². The normalized spacial score (nSPS) is 18.9. The Kier molecular flexibility index (Phi) is 5.99. The van der Waals surface area contributed by atoms with Crippen LogP contribution < -0.4 is 21.1 Å². The van der Waals surface area contributed by atoms with E-state index in [1.807, 2.05) is 6.92 Å². The van der Waals surface area contributed by atoms with Gasteiger partial charge in [0.25, 0.3) is 0 Å². The van der Waals surface area contributed by atoms with E-state index in [1.165, 1.54) is 23.1 Å². The zero-order valence-electron chi connectivity index (χ0n) is 20.6. The number of aromatic hydroxyl groups is 1. The van der Waals surface area contributed by atoms with E-state index in [1.54, 1.807) is 12.1 Å². The molecule has 2 aromatic rings. The number of piperidine rings is 1. The number of phenols is 1. The number of fused-ring (bicyclic) bond motifs is 4. The molecule has 0 spiro atoms. The second-order valence-corrected chi connectivity index (χ2v) is 8.47. The molecule has 0 amide bonds. The number of aliphatic hydroxyl groups excluding tert-OH is 1. The standard InChI is InChI=1S/C25H26N2O6.ClH/c1-2-3-18(29)14-6-8-27(9-7-14)13-17-19(30)12-21-23(25(17)31)24-22(32-21)10-15-4-5-16(28)11-20(15)33-26-24;/h4-5,10-12,14,26,28,30H,2-3,6-9,13H2,1H3;1H/i13D2;. The first-order chi connectivity index (χ1) is 16.7. The molecule has 180 valence electrons. The summed E-state index contributed by atoms with van der Waals surface area (Å²) in [7, 11) is 0. The Morgan fingerprint density at radius 2 is 2.00 bits per heavy atom. The lowest BCUT2D eigenvalue weighted by molar-refractivity contribution is -0.124. The Morgan fingerprint density at radius 3 is 2.74 bits per heavy atom. The number of carbonyl (C=O) groups is 2. The molecule has 0 atom stereocenters. The number of phenolic OH excluding ortho intramolecular Hbond substituents is 1. The number of anilines is 1. The van der Waals surface area contributed by atoms with Crippen LogP contribution in [0.5, 0.6) is 11.5 Å². The molecule has 8 nitrogen and oxygen atoms in total. The summed E-state index contributed by atoms with van der Waals surface area (Å²) in [6.45, 7) is 0.280. The lowest BCUT2D eigenvalue weighted by Crippen LogP contribution is -2.39. The third-order valence-electron chi connectivity index (χ3n) is 6.20. The number of hydrogen-bond acceptors (Lipinski definition) is 8. The fourth-order valence-corrected chi connectivity index (χ4v) is 4.44. The van der Waals surface area contributed by atoms with Crippen LogP contribution in [0.4, 0.5) is 5.69 Å². The lowest BCUT2D eigenvalue weighted by atomic mass is 9.89. The average molecular weight is 489 g/mol. The van der Waals surface area contributed by atoms with Gasteiger partial charge in [-0.05, 0) is 50.6 Å². The number of furan rings is 1. The van der Waals surface area contributed by atoms with E-state index in [9.17, 15) is 19.8 Å². The minimum Gasteiger partial charge on any atom is -0.508 e. The van der Waals surface area contributed by atoms with Crippen LogP contribution in [-0.4, -0.2) is 46.3 Å². The molecule has 1 aliphatic carbocycles. The van der Waals surface area contributed by atoms with E-state index in [0.29, 0.717) is 43.7 Å². The smallest absolute Gasteiger partial charge is 0.200 e. The summed E-state index contributed by atoms with van der Waals surface area (Å²) in [5, 5.41) is 20.4. The molecule has 0 unspecified atom stereocenters. The molecule has 3 N–H and O–H groups in total. The second kappa shape index (κ2) is 9.56. The van der Waals surface area contributed by atoms with Crippen molar-refractivity contribution < 1.29 is 31.8 Å². The number of halogens is 1. The SMILES string of the molecule is Cl.[2H]C([2H])(C1=C(O)C=c2oc3c(c2C1=O)NOc1cc(O)ccc1C=3)N1CCC(C(=O)CCC)CC1. The van der Waals surface area contributed by atoms with E-state index in [2.05, 4.69) is 5.48 Å². The molecule has 1 fully saturated rings. The summed E-state index contributed by atoms with van der Waals surface area (Å²) in [6, 6.07) is 4.53. The van der Waals surface area contributed by atoms with Gasteiger partial charge in [0.05, 0.1) is 11.1 Å². The van der Waals surface area contributed by atoms with Crippen LogP contribution in [0.15, 0.2) is 33.9 Å². The number of hydrogen-bond donors (Lipinski definition) is 3. The maximum absolute atomic E-state index is 13.6. The summed E-state index contributed by atoms with van der Waals surface area (Å²) in [4.78, 5) is 32.9. The molecule has 3 heterocycles. The van der Waals surface area contributed by atoms with Crippen LogP contribution in [-0.2, 0) is 4.79 Å². The van der Waals surface area contributed by atoms with E-state index in [-0.39, 0.29) is 57.5 Å². The van der Waals surface area contributed by atoms with Gasteiger partial charge in [-0.3, -0.25) is 14.5 Å². The summed E-state index contributed by atoms with van der Waals surface area (Å²) >= 11 is 0. The topological polar surface area (TPSA) is 112 Å². The van der Waals surface area contributed by atoms with Gasteiger partial charge in [-0.1, -0.05) is 6.92 Å². The number of nitrogens with one attached hydrogen (secondary N) is 1. The van der Waals surface area contributed by atoms with Gasteiger partial charge in [-0.25, -0.2) is 5.48 Å². The lowest BCUT2D eigenvalue weighted by Gasteiger charge is -2.32. The monoisotopic (exact) mass is 488 g/mol. The number of benzene rings is 1. The highest BCUT2D eigenvalue weighted by Crippen LogP contribution is 2.29. The molecule has 0 bridgehead atoms. The molecule has 1 saturated heterocycles. The van der Waals surface area contributed by atoms with Gasteiger partial charge in [0.15, 0.2) is 16.9 Å².